The minimum atomic E-state index is -0.750. The third-order valence-corrected chi connectivity index (χ3v) is 0.863. The van der Waals surface area contributed by atoms with Crippen LogP contribution >= 0.6 is 0 Å². The Morgan fingerprint density at radius 3 is 2.43 bits per heavy atom. The monoisotopic (exact) mass is 96.0 g/mol. The molecule has 0 aromatic carbocycles. The van der Waals surface area contributed by atoms with Crippen LogP contribution in [-0.4, -0.2) is 17.0 Å². The molecule has 0 fully saturated rings. The van der Waals surface area contributed by atoms with Crippen molar-refractivity contribution in [2.75, 3.05) is 0 Å². The highest BCUT2D eigenvalue weighted by Gasteiger charge is 2.14. The average molecular weight is 95.9 g/mol. The summed E-state index contributed by atoms with van der Waals surface area (Å²) in [4.78, 5) is 0. The molecule has 2 N–H and O–H groups in total. The Bertz CT molecular complexity index is 128. The Morgan fingerprint density at radius 2 is 2.29 bits per heavy atom. The van der Waals surface area contributed by atoms with E-state index in [1.165, 1.54) is 12.1 Å². The summed E-state index contributed by atoms with van der Waals surface area (Å²) in [5, 5.41) is 17.1. The topological polar surface area (TPSA) is 40.5 Å². The van der Waals surface area contributed by atoms with Crippen molar-refractivity contribution in [3.8, 4) is 0 Å². The predicted molar refractivity (Wildman–Crippen MR) is 27.8 cm³/mol. The Balaban J connectivity index is 2.69. The van der Waals surface area contributed by atoms with Crippen molar-refractivity contribution in [1.82, 2.24) is 0 Å². The van der Waals surface area contributed by atoms with Gasteiger partial charge < -0.3 is 10.1 Å². The highest BCUT2D eigenvalue weighted by atomic mass is 16.3. The normalized spacial score (nSPS) is 17.9. The lowest BCUT2D eigenvalue weighted by atomic mass is 9.69. The molecular formula is C4H5BO2. The molecule has 0 aromatic rings. The molecule has 0 amide bonds. The molecule has 0 bridgehead atoms. The van der Waals surface area contributed by atoms with Gasteiger partial charge in [0.25, 0.3) is 0 Å². The summed E-state index contributed by atoms with van der Waals surface area (Å²) in [7, 11) is 0. The molecule has 0 aromatic heterocycles. The first-order chi connectivity index (χ1) is 3.30. The molecule has 36 valence electrons. The number of allylic oxidation sites excluding steroid dienone is 2. The van der Waals surface area contributed by atoms with E-state index < -0.39 is 6.92 Å². The maximum absolute atomic E-state index is 8.59. The highest BCUT2D eigenvalue weighted by Crippen LogP contribution is 2.01. The summed E-state index contributed by atoms with van der Waals surface area (Å²) in [5.74, 6) is 1.51. The van der Waals surface area contributed by atoms with E-state index in [-0.39, 0.29) is 5.66 Å². The lowest BCUT2D eigenvalue weighted by Crippen LogP contribution is -2.08. The largest absolute Gasteiger partial charge is 0.519 e. The predicted octanol–water partition coefficient (Wildman–Crippen LogP) is 0.0603. The quantitative estimate of drug-likeness (QED) is 0.418. The molecule has 0 spiro atoms. The Kier molecular flexibility index (Phi) is 0.909. The summed E-state index contributed by atoms with van der Waals surface area (Å²) in [6, 6.07) is 0. The van der Waals surface area contributed by atoms with Gasteiger partial charge in [-0.15, -0.1) is 0 Å². The van der Waals surface area contributed by atoms with E-state index >= 15 is 0 Å². The molecule has 0 saturated carbocycles. The molecule has 2 nitrogen and oxygen atoms in total. The second-order valence-corrected chi connectivity index (χ2v) is 1.42. The minimum absolute atomic E-state index is 0.0278. The zero-order valence-corrected chi connectivity index (χ0v) is 3.70. The minimum Gasteiger partial charge on any atom is -0.519 e. The summed E-state index contributed by atoms with van der Waals surface area (Å²) in [6.45, 7) is -0.750. The summed E-state index contributed by atoms with van der Waals surface area (Å²) >= 11 is 0. The maximum atomic E-state index is 8.59. The lowest BCUT2D eigenvalue weighted by molar-refractivity contribution is 0.426. The highest BCUT2D eigenvalue weighted by molar-refractivity contribution is 6.64. The van der Waals surface area contributed by atoms with Crippen LogP contribution in [0.4, 0.5) is 0 Å². The van der Waals surface area contributed by atoms with Gasteiger partial charge in [-0.1, -0.05) is 12.1 Å². The smallest absolute Gasteiger partial charge is 0.390 e. The van der Waals surface area contributed by atoms with Crippen molar-refractivity contribution in [2.24, 2.45) is 0 Å². The number of aliphatic hydroxyl groups is 1. The van der Waals surface area contributed by atoms with Gasteiger partial charge >= 0.3 is 6.92 Å². The maximum Gasteiger partial charge on any atom is 0.390 e. The van der Waals surface area contributed by atoms with Crippen molar-refractivity contribution in [3.63, 3.8) is 0 Å². The van der Waals surface area contributed by atoms with Crippen molar-refractivity contribution >= 4 is 6.92 Å². The van der Waals surface area contributed by atoms with Gasteiger partial charge in [0.2, 0.25) is 0 Å². The van der Waals surface area contributed by atoms with E-state index in [9.17, 15) is 0 Å². The molecule has 7 heavy (non-hydrogen) atoms. The van der Waals surface area contributed by atoms with E-state index in [1.54, 1.807) is 6.08 Å². The van der Waals surface area contributed by atoms with Gasteiger partial charge in [0.05, 0.1) is 5.66 Å². The van der Waals surface area contributed by atoms with Gasteiger partial charge in [-0.25, -0.2) is 0 Å². The van der Waals surface area contributed by atoms with E-state index in [0.29, 0.717) is 0 Å². The van der Waals surface area contributed by atoms with Crippen LogP contribution in [0.15, 0.2) is 23.8 Å². The van der Waals surface area contributed by atoms with Gasteiger partial charge in [0.1, 0.15) is 0 Å². The number of rotatable bonds is 0. The molecular weight excluding hydrogens is 90.9 g/mol. The van der Waals surface area contributed by atoms with Crippen molar-refractivity contribution in [3.05, 3.63) is 23.8 Å². The van der Waals surface area contributed by atoms with Crippen LogP contribution in [-0.2, 0) is 0 Å². The fourth-order valence-electron chi connectivity index (χ4n) is 0.457. The Labute approximate surface area is 41.9 Å². The van der Waals surface area contributed by atoms with Crippen molar-refractivity contribution < 1.29 is 10.1 Å². The molecule has 0 saturated heterocycles. The number of hydrogen-bond donors (Lipinski definition) is 2. The number of aliphatic hydroxyl groups excluding tert-OH is 1. The molecule has 0 unspecified atom stereocenters. The zero-order chi connectivity index (χ0) is 5.28. The van der Waals surface area contributed by atoms with Crippen LogP contribution < -0.4 is 0 Å². The van der Waals surface area contributed by atoms with Crippen LogP contribution in [0.2, 0.25) is 0 Å². The molecule has 0 atom stereocenters. The second-order valence-electron chi connectivity index (χ2n) is 1.42. The van der Waals surface area contributed by atoms with Crippen LogP contribution in [0.1, 0.15) is 0 Å². The molecule has 1 aliphatic heterocycles. The summed E-state index contributed by atoms with van der Waals surface area (Å²) in [5.41, 5.74) is 0.0278. The first kappa shape index (κ1) is 4.46. The number of hydrogen-bond acceptors (Lipinski definition) is 2. The van der Waals surface area contributed by atoms with Gasteiger partial charge in [0.15, 0.2) is 0 Å². The standard InChI is InChI=1S/C4H5BO2/c6-4-2-1-3-5(4)7/h1-3,6-7H. The van der Waals surface area contributed by atoms with E-state index in [1.807, 2.05) is 0 Å². The van der Waals surface area contributed by atoms with Crippen LogP contribution in [0.25, 0.3) is 0 Å². The van der Waals surface area contributed by atoms with E-state index in [2.05, 4.69) is 0 Å². The van der Waals surface area contributed by atoms with Crippen molar-refractivity contribution in [2.45, 2.75) is 0 Å². The molecule has 3 heteroatoms. The first-order valence-electron chi connectivity index (χ1n) is 2.06. The SMILES string of the molecule is OB1C=CC=C1O. The Hall–Kier alpha value is -0.695. The van der Waals surface area contributed by atoms with E-state index in [4.69, 9.17) is 10.1 Å². The van der Waals surface area contributed by atoms with Gasteiger partial charge in [-0.2, -0.15) is 0 Å². The van der Waals surface area contributed by atoms with Crippen LogP contribution in [0.3, 0.4) is 0 Å². The lowest BCUT2D eigenvalue weighted by Gasteiger charge is -1.88. The van der Waals surface area contributed by atoms with Gasteiger partial charge in [0, 0.05) is 0 Å². The molecule has 1 heterocycles. The zero-order valence-electron chi connectivity index (χ0n) is 3.70. The molecule has 0 radical (unpaired) electrons. The molecule has 1 rings (SSSR count). The Morgan fingerprint density at radius 1 is 1.57 bits per heavy atom. The average Bonchev–Trinajstić information content (AvgIpc) is 1.91. The molecule has 1 aliphatic rings. The summed E-state index contributed by atoms with van der Waals surface area (Å²) < 4.78 is 0. The first-order valence-corrected chi connectivity index (χ1v) is 2.06. The molecule has 0 aliphatic carbocycles. The fourth-order valence-corrected chi connectivity index (χ4v) is 0.457. The van der Waals surface area contributed by atoms with Gasteiger partial charge in [-0.3, -0.25) is 0 Å². The third-order valence-electron chi connectivity index (χ3n) is 0.863. The fraction of sp³-hybridized carbons (Fsp3) is 0. The van der Waals surface area contributed by atoms with Gasteiger partial charge in [-0.05, 0) is 6.08 Å². The summed E-state index contributed by atoms with van der Waals surface area (Å²) in [6.07, 6.45) is 3.07. The van der Waals surface area contributed by atoms with Crippen LogP contribution in [0.5, 0.6) is 0 Å². The third kappa shape index (κ3) is 0.669. The van der Waals surface area contributed by atoms with E-state index in [0.717, 1.165) is 0 Å². The van der Waals surface area contributed by atoms with Crippen molar-refractivity contribution in [1.29, 1.82) is 0 Å². The second kappa shape index (κ2) is 1.43. The van der Waals surface area contributed by atoms with Crippen LogP contribution in [0, 0.1) is 0 Å².